The quantitative estimate of drug-likeness (QED) is 0.329. The normalized spacial score (nSPS) is 12.5. The number of thioether (sulfide) groups is 1. The monoisotopic (exact) mass is 453 g/mol. The predicted molar refractivity (Wildman–Crippen MR) is 116 cm³/mol. The molecule has 0 spiro atoms. The van der Waals surface area contributed by atoms with Gasteiger partial charge in [0.15, 0.2) is 5.82 Å². The molecule has 0 amide bonds. The number of nitrogens with zero attached hydrogens (tertiary/aromatic N) is 3. The van der Waals surface area contributed by atoms with Crippen molar-refractivity contribution in [3.05, 3.63) is 58.5 Å². The van der Waals surface area contributed by atoms with Gasteiger partial charge < -0.3 is 4.57 Å². The van der Waals surface area contributed by atoms with Crippen molar-refractivity contribution in [2.45, 2.75) is 50.6 Å². The van der Waals surface area contributed by atoms with E-state index < -0.39 is 17.6 Å². The maximum atomic E-state index is 14.7. The van der Waals surface area contributed by atoms with E-state index in [2.05, 4.69) is 30.1 Å². The minimum Gasteiger partial charge on any atom is -0.315 e. The predicted octanol–water partition coefficient (Wildman–Crippen LogP) is 5.93. The van der Waals surface area contributed by atoms with Crippen LogP contribution in [0, 0.1) is 5.82 Å². The first-order valence-corrected chi connectivity index (χ1v) is 11.0. The fourth-order valence-corrected chi connectivity index (χ4v) is 3.55. The van der Waals surface area contributed by atoms with Crippen LogP contribution in [-0.4, -0.2) is 25.5 Å². The second-order valence-corrected chi connectivity index (χ2v) is 9.46. The second-order valence-electron chi connectivity index (χ2n) is 7.95. The Labute approximate surface area is 181 Å². The molecule has 2 aromatic heterocycles. The van der Waals surface area contributed by atoms with Crippen LogP contribution in [0.25, 0.3) is 22.2 Å². The number of alkyl halides is 3. The summed E-state index contributed by atoms with van der Waals surface area (Å²) in [7, 11) is 0. The van der Waals surface area contributed by atoms with Crippen molar-refractivity contribution < 1.29 is 17.6 Å². The Kier molecular flexibility index (Phi) is 6.73. The molecular weight excluding hydrogens is 430 g/mol. The smallest absolute Gasteiger partial charge is 0.315 e. The van der Waals surface area contributed by atoms with Crippen LogP contribution in [0.15, 0.2) is 41.6 Å². The van der Waals surface area contributed by atoms with Crippen LogP contribution in [0.5, 0.6) is 0 Å². The Hall–Kier alpha value is -2.42. The zero-order valence-electron chi connectivity index (χ0n) is 17.5. The first kappa shape index (κ1) is 23.2. The Bertz CT molecular complexity index is 1120. The van der Waals surface area contributed by atoms with Gasteiger partial charge in [-0.3, -0.25) is 4.79 Å². The highest BCUT2D eigenvalue weighted by Crippen LogP contribution is 2.30. The molecule has 0 N–H and O–H groups in total. The molecule has 2 heterocycles. The van der Waals surface area contributed by atoms with E-state index in [4.69, 9.17) is 0 Å². The first-order chi connectivity index (χ1) is 14.5. The van der Waals surface area contributed by atoms with Gasteiger partial charge in [0, 0.05) is 29.9 Å². The molecule has 0 fully saturated rings. The molecule has 0 saturated heterocycles. The lowest BCUT2D eigenvalue weighted by atomic mass is 10.1. The number of aromatic nitrogens is 3. The second kappa shape index (κ2) is 8.98. The van der Waals surface area contributed by atoms with E-state index in [1.807, 2.05) is 0 Å². The van der Waals surface area contributed by atoms with Crippen molar-refractivity contribution in [2.24, 2.45) is 0 Å². The number of hydrogen-bond acceptors (Lipinski definition) is 4. The maximum Gasteiger partial charge on any atom is 0.419 e. The molecule has 0 aliphatic heterocycles. The number of rotatable bonds is 7. The zero-order valence-corrected chi connectivity index (χ0v) is 18.3. The van der Waals surface area contributed by atoms with E-state index >= 15 is 0 Å². The molecule has 0 radical (unpaired) electrons. The number of benzene rings is 1. The number of pyridine rings is 1. The lowest BCUT2D eigenvalue weighted by Gasteiger charge is -2.21. The summed E-state index contributed by atoms with van der Waals surface area (Å²) < 4.78 is 54.5. The molecule has 0 bridgehead atoms. The summed E-state index contributed by atoms with van der Waals surface area (Å²) in [6.45, 7) is 4.89. The molecule has 31 heavy (non-hydrogen) atoms. The standard InChI is InChI=1S/C22H23F4N3OS/c1-21(2,31-3)7-4-5-8-29-9-6-14-10-17(18(23)11-16(14)20(29)30)19-27-12-15(13-28-19)22(24,25)26/h6,9-13H,4-5,7-8H2,1-3H3. The molecule has 0 aliphatic rings. The van der Waals surface area contributed by atoms with Crippen molar-refractivity contribution in [3.63, 3.8) is 0 Å². The highest BCUT2D eigenvalue weighted by atomic mass is 32.2. The maximum absolute atomic E-state index is 14.7. The lowest BCUT2D eigenvalue weighted by molar-refractivity contribution is -0.138. The number of halogens is 4. The van der Waals surface area contributed by atoms with Crippen molar-refractivity contribution in [2.75, 3.05) is 6.26 Å². The highest BCUT2D eigenvalue weighted by Gasteiger charge is 2.31. The molecule has 0 atom stereocenters. The van der Waals surface area contributed by atoms with Crippen molar-refractivity contribution in [1.29, 1.82) is 0 Å². The van der Waals surface area contributed by atoms with E-state index in [1.165, 1.54) is 6.07 Å². The van der Waals surface area contributed by atoms with E-state index in [0.717, 1.165) is 25.3 Å². The molecule has 0 unspecified atom stereocenters. The number of unbranched alkanes of at least 4 members (excludes halogenated alkanes) is 1. The third-order valence-corrected chi connectivity index (χ3v) is 6.57. The summed E-state index contributed by atoms with van der Waals surface area (Å²) in [5.74, 6) is -0.934. The zero-order chi connectivity index (χ0) is 22.8. The van der Waals surface area contributed by atoms with Gasteiger partial charge in [0.1, 0.15) is 5.82 Å². The number of hydrogen-bond donors (Lipinski definition) is 0. The van der Waals surface area contributed by atoms with Crippen LogP contribution in [-0.2, 0) is 12.7 Å². The Morgan fingerprint density at radius 2 is 1.77 bits per heavy atom. The number of aryl methyl sites for hydroxylation is 1. The van der Waals surface area contributed by atoms with Gasteiger partial charge in [-0.05, 0) is 42.7 Å². The first-order valence-electron chi connectivity index (χ1n) is 9.79. The minimum atomic E-state index is -4.57. The summed E-state index contributed by atoms with van der Waals surface area (Å²) in [4.78, 5) is 20.1. The Morgan fingerprint density at radius 1 is 1.10 bits per heavy atom. The van der Waals surface area contributed by atoms with Gasteiger partial charge in [0.25, 0.3) is 5.56 Å². The third-order valence-electron chi connectivity index (χ3n) is 5.27. The fourth-order valence-electron chi connectivity index (χ4n) is 3.20. The van der Waals surface area contributed by atoms with Crippen LogP contribution in [0.3, 0.4) is 0 Å². The molecule has 4 nitrogen and oxygen atoms in total. The SMILES string of the molecule is CSC(C)(C)CCCCn1ccc2cc(-c3ncc(C(F)(F)F)cn3)c(F)cc2c1=O. The van der Waals surface area contributed by atoms with Gasteiger partial charge in [-0.2, -0.15) is 24.9 Å². The van der Waals surface area contributed by atoms with Crippen molar-refractivity contribution in [3.8, 4) is 11.4 Å². The molecule has 166 valence electrons. The summed E-state index contributed by atoms with van der Waals surface area (Å²) in [5.41, 5.74) is -1.38. The summed E-state index contributed by atoms with van der Waals surface area (Å²) in [6, 6.07) is 4.18. The molecule has 9 heteroatoms. The average Bonchev–Trinajstić information content (AvgIpc) is 2.72. The van der Waals surface area contributed by atoms with E-state index in [0.29, 0.717) is 24.3 Å². The topological polar surface area (TPSA) is 47.8 Å². The lowest BCUT2D eigenvalue weighted by Crippen LogP contribution is -2.20. The minimum absolute atomic E-state index is 0.0577. The molecule has 0 saturated carbocycles. The van der Waals surface area contributed by atoms with Crippen LogP contribution in [0.4, 0.5) is 17.6 Å². The molecular formula is C22H23F4N3OS. The van der Waals surface area contributed by atoms with Gasteiger partial charge in [-0.1, -0.05) is 20.3 Å². The van der Waals surface area contributed by atoms with Crippen LogP contribution < -0.4 is 5.56 Å². The van der Waals surface area contributed by atoms with Gasteiger partial charge in [-0.25, -0.2) is 14.4 Å². The van der Waals surface area contributed by atoms with Gasteiger partial charge in [0.2, 0.25) is 0 Å². The van der Waals surface area contributed by atoms with Gasteiger partial charge in [-0.15, -0.1) is 0 Å². The molecule has 3 rings (SSSR count). The number of fused-ring (bicyclic) bond motifs is 1. The summed E-state index contributed by atoms with van der Waals surface area (Å²) >= 11 is 1.81. The van der Waals surface area contributed by atoms with Crippen molar-refractivity contribution >= 4 is 22.5 Å². The van der Waals surface area contributed by atoms with Gasteiger partial charge in [0.05, 0.1) is 16.5 Å². The van der Waals surface area contributed by atoms with E-state index in [1.54, 1.807) is 28.6 Å². The Morgan fingerprint density at radius 3 is 2.39 bits per heavy atom. The fraction of sp³-hybridized carbons (Fsp3) is 0.409. The van der Waals surface area contributed by atoms with E-state index in [-0.39, 0.29) is 27.1 Å². The van der Waals surface area contributed by atoms with Gasteiger partial charge >= 0.3 is 6.18 Å². The molecule has 1 aromatic carbocycles. The summed E-state index contributed by atoms with van der Waals surface area (Å²) in [5, 5.41) is 0.685. The van der Waals surface area contributed by atoms with Crippen LogP contribution >= 0.6 is 11.8 Å². The largest absolute Gasteiger partial charge is 0.419 e. The van der Waals surface area contributed by atoms with Crippen molar-refractivity contribution in [1.82, 2.24) is 14.5 Å². The third kappa shape index (κ3) is 5.44. The Balaban J connectivity index is 1.83. The molecule has 3 aromatic rings. The summed E-state index contributed by atoms with van der Waals surface area (Å²) in [6.07, 6.45) is 3.21. The molecule has 0 aliphatic carbocycles. The van der Waals surface area contributed by atoms with E-state index in [9.17, 15) is 22.4 Å². The average molecular weight is 454 g/mol. The van der Waals surface area contributed by atoms with Crippen LogP contribution in [0.2, 0.25) is 0 Å². The van der Waals surface area contributed by atoms with Crippen LogP contribution in [0.1, 0.15) is 38.7 Å². The highest BCUT2D eigenvalue weighted by molar-refractivity contribution is 7.99.